The molecule has 1 aromatic heterocycles. The SMILES string of the molecule is COc1cccc(-c2nnc(SCC(=O)N3CCN(C(=O)c4ccccc4C)C(C)C3)n2-c2ccccc2)c1. The first kappa shape index (κ1) is 26.5. The minimum absolute atomic E-state index is 0.0142. The first-order valence-corrected chi connectivity index (χ1v) is 13.9. The van der Waals surface area contributed by atoms with E-state index >= 15 is 0 Å². The number of benzene rings is 3. The summed E-state index contributed by atoms with van der Waals surface area (Å²) in [5.74, 6) is 1.66. The van der Waals surface area contributed by atoms with Crippen LogP contribution in [0.1, 0.15) is 22.8 Å². The molecule has 2 amide bonds. The Bertz CT molecular complexity index is 1470. The lowest BCUT2D eigenvalue weighted by atomic mass is 10.1. The average molecular weight is 542 g/mol. The molecule has 1 fully saturated rings. The van der Waals surface area contributed by atoms with Crippen molar-refractivity contribution in [1.29, 1.82) is 0 Å². The van der Waals surface area contributed by atoms with E-state index in [1.165, 1.54) is 11.8 Å². The van der Waals surface area contributed by atoms with Crippen molar-refractivity contribution in [2.45, 2.75) is 25.0 Å². The highest BCUT2D eigenvalue weighted by atomic mass is 32.2. The zero-order valence-electron chi connectivity index (χ0n) is 22.3. The van der Waals surface area contributed by atoms with E-state index in [9.17, 15) is 9.59 Å². The summed E-state index contributed by atoms with van der Waals surface area (Å²) in [6, 6.07) is 25.1. The standard InChI is InChI=1S/C30H31N5O3S/c1-21-10-7-8-15-26(21)29(37)34-17-16-33(19-22(34)2)27(36)20-39-30-32-31-28(23-11-9-14-25(18-23)38-3)35(30)24-12-5-4-6-13-24/h4-15,18,22H,16-17,19-20H2,1-3H3. The number of aromatic nitrogens is 3. The summed E-state index contributed by atoms with van der Waals surface area (Å²) in [4.78, 5) is 30.1. The van der Waals surface area contributed by atoms with Gasteiger partial charge in [-0.25, -0.2) is 0 Å². The lowest BCUT2D eigenvalue weighted by Gasteiger charge is -2.40. The van der Waals surface area contributed by atoms with Crippen LogP contribution in [0, 0.1) is 6.92 Å². The van der Waals surface area contributed by atoms with Gasteiger partial charge < -0.3 is 14.5 Å². The Hall–Kier alpha value is -4.11. The van der Waals surface area contributed by atoms with Gasteiger partial charge in [0.1, 0.15) is 5.75 Å². The summed E-state index contributed by atoms with van der Waals surface area (Å²) in [6.45, 7) is 5.45. The summed E-state index contributed by atoms with van der Waals surface area (Å²) in [5.41, 5.74) is 3.45. The summed E-state index contributed by atoms with van der Waals surface area (Å²) < 4.78 is 7.37. The number of amides is 2. The normalized spacial score (nSPS) is 15.3. The lowest BCUT2D eigenvalue weighted by molar-refractivity contribution is -0.130. The molecular weight excluding hydrogens is 510 g/mol. The zero-order chi connectivity index (χ0) is 27.4. The summed E-state index contributed by atoms with van der Waals surface area (Å²) >= 11 is 1.36. The van der Waals surface area contributed by atoms with Crippen molar-refractivity contribution in [3.63, 3.8) is 0 Å². The highest BCUT2D eigenvalue weighted by molar-refractivity contribution is 7.99. The number of methoxy groups -OCH3 is 1. The first-order valence-electron chi connectivity index (χ1n) is 12.9. The van der Waals surface area contributed by atoms with E-state index in [1.807, 2.05) is 107 Å². The molecule has 1 atom stereocenters. The molecule has 5 rings (SSSR count). The van der Waals surface area contributed by atoms with E-state index in [0.717, 1.165) is 22.6 Å². The molecule has 200 valence electrons. The van der Waals surface area contributed by atoms with Gasteiger partial charge in [0.25, 0.3) is 5.91 Å². The number of para-hydroxylation sites is 1. The van der Waals surface area contributed by atoms with E-state index in [0.29, 0.717) is 36.2 Å². The molecule has 0 spiro atoms. The quantitative estimate of drug-likeness (QED) is 0.315. The third-order valence-electron chi connectivity index (χ3n) is 6.92. The number of piperazine rings is 1. The van der Waals surface area contributed by atoms with E-state index < -0.39 is 0 Å². The van der Waals surface area contributed by atoms with Crippen LogP contribution in [0.5, 0.6) is 5.75 Å². The van der Waals surface area contributed by atoms with E-state index in [4.69, 9.17) is 4.74 Å². The van der Waals surface area contributed by atoms with Crippen LogP contribution in [0.2, 0.25) is 0 Å². The fourth-order valence-electron chi connectivity index (χ4n) is 4.79. The third-order valence-corrected chi connectivity index (χ3v) is 7.83. The van der Waals surface area contributed by atoms with Gasteiger partial charge in [-0.3, -0.25) is 14.2 Å². The van der Waals surface area contributed by atoms with Crippen molar-refractivity contribution < 1.29 is 14.3 Å². The highest BCUT2D eigenvalue weighted by Crippen LogP contribution is 2.30. The molecule has 0 N–H and O–H groups in total. The number of aryl methyl sites for hydroxylation is 1. The predicted octanol–water partition coefficient (Wildman–Crippen LogP) is 4.72. The van der Waals surface area contributed by atoms with Crippen molar-refractivity contribution >= 4 is 23.6 Å². The van der Waals surface area contributed by atoms with Crippen molar-refractivity contribution in [3.8, 4) is 22.8 Å². The highest BCUT2D eigenvalue weighted by Gasteiger charge is 2.31. The van der Waals surface area contributed by atoms with Crippen LogP contribution in [-0.2, 0) is 4.79 Å². The molecule has 1 aliphatic heterocycles. The lowest BCUT2D eigenvalue weighted by Crippen LogP contribution is -2.55. The second kappa shape index (κ2) is 11.7. The zero-order valence-corrected chi connectivity index (χ0v) is 23.1. The van der Waals surface area contributed by atoms with Crippen LogP contribution in [0.3, 0.4) is 0 Å². The van der Waals surface area contributed by atoms with Crippen molar-refractivity contribution in [1.82, 2.24) is 24.6 Å². The molecule has 0 bridgehead atoms. The van der Waals surface area contributed by atoms with Gasteiger partial charge in [0, 0.05) is 42.5 Å². The summed E-state index contributed by atoms with van der Waals surface area (Å²) in [5, 5.41) is 9.55. The van der Waals surface area contributed by atoms with Crippen LogP contribution < -0.4 is 4.74 Å². The number of rotatable bonds is 7. The molecule has 0 aliphatic carbocycles. The second-order valence-corrected chi connectivity index (χ2v) is 10.4. The smallest absolute Gasteiger partial charge is 0.254 e. The first-order chi connectivity index (χ1) is 19.0. The van der Waals surface area contributed by atoms with Gasteiger partial charge in [-0.05, 0) is 49.7 Å². The maximum absolute atomic E-state index is 13.3. The largest absolute Gasteiger partial charge is 0.497 e. The number of hydrogen-bond donors (Lipinski definition) is 0. The predicted molar refractivity (Wildman–Crippen MR) is 152 cm³/mol. The molecule has 1 aliphatic rings. The van der Waals surface area contributed by atoms with Gasteiger partial charge in [-0.2, -0.15) is 0 Å². The van der Waals surface area contributed by atoms with Crippen LogP contribution in [0.4, 0.5) is 0 Å². The Morgan fingerprint density at radius 3 is 2.49 bits per heavy atom. The van der Waals surface area contributed by atoms with Gasteiger partial charge in [-0.15, -0.1) is 10.2 Å². The fraction of sp³-hybridized carbons (Fsp3) is 0.267. The topological polar surface area (TPSA) is 80.6 Å². The minimum atomic E-state index is -0.0764. The van der Waals surface area contributed by atoms with Gasteiger partial charge in [0.2, 0.25) is 5.91 Å². The van der Waals surface area contributed by atoms with Crippen molar-refractivity contribution in [3.05, 3.63) is 90.0 Å². The number of nitrogens with zero attached hydrogens (tertiary/aromatic N) is 5. The number of hydrogen-bond acceptors (Lipinski definition) is 6. The molecule has 8 nitrogen and oxygen atoms in total. The molecule has 39 heavy (non-hydrogen) atoms. The maximum atomic E-state index is 13.3. The number of ether oxygens (including phenoxy) is 1. The van der Waals surface area contributed by atoms with Gasteiger partial charge in [0.15, 0.2) is 11.0 Å². The van der Waals surface area contributed by atoms with Crippen LogP contribution in [0.15, 0.2) is 84.0 Å². The Kier molecular flexibility index (Phi) is 7.97. The van der Waals surface area contributed by atoms with Crippen LogP contribution in [-0.4, -0.2) is 74.9 Å². The Balaban J connectivity index is 1.29. The molecule has 1 saturated heterocycles. The molecular formula is C30H31N5O3S. The van der Waals surface area contributed by atoms with Crippen molar-refractivity contribution in [2.24, 2.45) is 0 Å². The number of carbonyl (C=O) groups is 2. The maximum Gasteiger partial charge on any atom is 0.254 e. The Labute approximate surface area is 232 Å². The Morgan fingerprint density at radius 2 is 1.74 bits per heavy atom. The van der Waals surface area contributed by atoms with Crippen molar-refractivity contribution in [2.75, 3.05) is 32.5 Å². The van der Waals surface area contributed by atoms with Gasteiger partial charge >= 0.3 is 0 Å². The second-order valence-electron chi connectivity index (χ2n) is 9.50. The third kappa shape index (κ3) is 5.68. The van der Waals surface area contributed by atoms with Gasteiger partial charge in [-0.1, -0.05) is 60.3 Å². The molecule has 4 aromatic rings. The molecule has 2 heterocycles. The van der Waals surface area contributed by atoms with E-state index in [-0.39, 0.29) is 23.6 Å². The van der Waals surface area contributed by atoms with Gasteiger partial charge in [0.05, 0.1) is 12.9 Å². The van der Waals surface area contributed by atoms with Crippen LogP contribution in [0.25, 0.3) is 17.1 Å². The monoisotopic (exact) mass is 541 g/mol. The molecule has 1 unspecified atom stereocenters. The Morgan fingerprint density at radius 1 is 0.974 bits per heavy atom. The summed E-state index contributed by atoms with van der Waals surface area (Å²) in [6.07, 6.45) is 0. The number of thioether (sulfide) groups is 1. The van der Waals surface area contributed by atoms with E-state index in [2.05, 4.69) is 10.2 Å². The number of carbonyl (C=O) groups excluding carboxylic acids is 2. The van der Waals surface area contributed by atoms with E-state index in [1.54, 1.807) is 7.11 Å². The average Bonchev–Trinajstić information content (AvgIpc) is 3.40. The molecule has 0 saturated carbocycles. The minimum Gasteiger partial charge on any atom is -0.497 e. The fourth-order valence-corrected chi connectivity index (χ4v) is 5.65. The molecule has 3 aromatic carbocycles. The van der Waals surface area contributed by atoms with Crippen LogP contribution >= 0.6 is 11.8 Å². The summed E-state index contributed by atoms with van der Waals surface area (Å²) in [7, 11) is 1.63. The molecule has 9 heteroatoms. The molecule has 0 radical (unpaired) electrons.